The summed E-state index contributed by atoms with van der Waals surface area (Å²) in [5, 5.41) is 8.67. The molecule has 0 aromatic carbocycles. The van der Waals surface area contributed by atoms with Crippen LogP contribution in [0, 0.1) is 0 Å². The average Bonchev–Trinajstić information content (AvgIpc) is 2.03. The van der Waals surface area contributed by atoms with Crippen LogP contribution in [0.4, 0.5) is 0 Å². The molecule has 72 valence electrons. The minimum Gasteiger partial charge on any atom is -0.480 e. The van der Waals surface area contributed by atoms with E-state index in [1.54, 1.807) is 6.92 Å². The lowest BCUT2D eigenvalue weighted by Crippen LogP contribution is -2.36. The number of hydrogen-bond donors (Lipinski definition) is 1. The molecule has 0 unspecified atom stereocenters. The molecule has 3 nitrogen and oxygen atoms in total. The van der Waals surface area contributed by atoms with Crippen molar-refractivity contribution in [3.63, 3.8) is 0 Å². The average molecular weight is 173 g/mol. The number of carboxylic acids is 1. The third-order valence-corrected chi connectivity index (χ3v) is 2.13. The topological polar surface area (TPSA) is 40.5 Å². The van der Waals surface area contributed by atoms with Crippen LogP contribution in [0.25, 0.3) is 0 Å². The van der Waals surface area contributed by atoms with E-state index in [4.69, 9.17) is 5.11 Å². The van der Waals surface area contributed by atoms with Gasteiger partial charge in [-0.25, -0.2) is 0 Å². The largest absolute Gasteiger partial charge is 0.480 e. The van der Waals surface area contributed by atoms with Crippen LogP contribution in [0.5, 0.6) is 0 Å². The van der Waals surface area contributed by atoms with E-state index in [2.05, 4.69) is 6.92 Å². The standard InChI is InChI=1S/C9H19NO2/c1-4-5-6-7-10(3)8(2)9(11)12/h8H,4-7H2,1-3H3,(H,11,12)/t8-/m1/s1. The highest BCUT2D eigenvalue weighted by Gasteiger charge is 2.15. The zero-order chi connectivity index (χ0) is 9.56. The van der Waals surface area contributed by atoms with Crippen molar-refractivity contribution >= 4 is 5.97 Å². The molecule has 1 atom stereocenters. The van der Waals surface area contributed by atoms with E-state index < -0.39 is 5.97 Å². The van der Waals surface area contributed by atoms with Gasteiger partial charge in [-0.1, -0.05) is 19.8 Å². The summed E-state index contributed by atoms with van der Waals surface area (Å²) in [7, 11) is 1.86. The molecule has 1 N–H and O–H groups in total. The number of carboxylic acid groups (broad SMARTS) is 1. The van der Waals surface area contributed by atoms with Crippen LogP contribution < -0.4 is 0 Å². The third kappa shape index (κ3) is 4.34. The van der Waals surface area contributed by atoms with E-state index in [0.717, 1.165) is 13.0 Å². The Labute approximate surface area is 74.4 Å². The van der Waals surface area contributed by atoms with Gasteiger partial charge in [-0.15, -0.1) is 0 Å². The molecule has 0 rings (SSSR count). The molecule has 0 saturated heterocycles. The van der Waals surface area contributed by atoms with Crippen LogP contribution in [0.3, 0.4) is 0 Å². The smallest absolute Gasteiger partial charge is 0.320 e. The zero-order valence-corrected chi connectivity index (χ0v) is 8.21. The highest BCUT2D eigenvalue weighted by atomic mass is 16.4. The fourth-order valence-electron chi connectivity index (χ4n) is 0.993. The summed E-state index contributed by atoms with van der Waals surface area (Å²) < 4.78 is 0. The SMILES string of the molecule is CCCCCN(C)[C@H](C)C(=O)O. The first-order valence-corrected chi connectivity index (χ1v) is 4.52. The molecule has 0 aliphatic heterocycles. The van der Waals surface area contributed by atoms with Crippen LogP contribution in [0.1, 0.15) is 33.1 Å². The Morgan fingerprint density at radius 3 is 2.50 bits per heavy atom. The van der Waals surface area contributed by atoms with E-state index in [9.17, 15) is 4.79 Å². The lowest BCUT2D eigenvalue weighted by Gasteiger charge is -2.20. The Morgan fingerprint density at radius 1 is 1.50 bits per heavy atom. The maximum Gasteiger partial charge on any atom is 0.320 e. The molecular weight excluding hydrogens is 154 g/mol. The number of carbonyl (C=O) groups is 1. The van der Waals surface area contributed by atoms with Gasteiger partial charge in [-0.05, 0) is 26.9 Å². The molecule has 0 fully saturated rings. The van der Waals surface area contributed by atoms with Gasteiger partial charge in [0.05, 0.1) is 0 Å². The molecule has 0 bridgehead atoms. The predicted molar refractivity (Wildman–Crippen MR) is 49.3 cm³/mol. The van der Waals surface area contributed by atoms with Gasteiger partial charge in [0, 0.05) is 0 Å². The van der Waals surface area contributed by atoms with Crippen LogP contribution in [0.15, 0.2) is 0 Å². The van der Waals surface area contributed by atoms with Gasteiger partial charge in [0.15, 0.2) is 0 Å². The quantitative estimate of drug-likeness (QED) is 0.620. The van der Waals surface area contributed by atoms with Crippen molar-refractivity contribution in [2.45, 2.75) is 39.2 Å². The van der Waals surface area contributed by atoms with Crippen LogP contribution >= 0.6 is 0 Å². The molecule has 0 radical (unpaired) electrons. The van der Waals surface area contributed by atoms with E-state index in [1.165, 1.54) is 12.8 Å². The van der Waals surface area contributed by atoms with E-state index in [1.807, 2.05) is 11.9 Å². The summed E-state index contributed by atoms with van der Waals surface area (Å²) in [6.45, 7) is 4.73. The fourth-order valence-corrected chi connectivity index (χ4v) is 0.993. The summed E-state index contributed by atoms with van der Waals surface area (Å²) in [5.41, 5.74) is 0. The number of nitrogens with zero attached hydrogens (tertiary/aromatic N) is 1. The zero-order valence-electron chi connectivity index (χ0n) is 8.21. The lowest BCUT2D eigenvalue weighted by atomic mass is 10.2. The second-order valence-electron chi connectivity index (χ2n) is 3.20. The molecule has 0 aliphatic carbocycles. The van der Waals surface area contributed by atoms with E-state index in [-0.39, 0.29) is 6.04 Å². The molecule has 0 spiro atoms. The maximum atomic E-state index is 10.5. The molecule has 3 heteroatoms. The minimum absolute atomic E-state index is 0.359. The van der Waals surface area contributed by atoms with Crippen molar-refractivity contribution in [3.8, 4) is 0 Å². The van der Waals surface area contributed by atoms with Crippen LogP contribution in [0.2, 0.25) is 0 Å². The Bertz CT molecular complexity index is 136. The number of hydrogen-bond acceptors (Lipinski definition) is 2. The highest BCUT2D eigenvalue weighted by molar-refractivity contribution is 5.72. The van der Waals surface area contributed by atoms with Gasteiger partial charge in [0.25, 0.3) is 0 Å². The number of rotatable bonds is 6. The Kier molecular flexibility index (Phi) is 5.72. The van der Waals surface area contributed by atoms with Crippen LogP contribution in [-0.4, -0.2) is 35.6 Å². The summed E-state index contributed by atoms with van der Waals surface area (Å²) >= 11 is 0. The first-order valence-electron chi connectivity index (χ1n) is 4.52. The van der Waals surface area contributed by atoms with Crippen molar-refractivity contribution in [1.29, 1.82) is 0 Å². The summed E-state index contributed by atoms with van der Waals surface area (Å²) in [4.78, 5) is 12.4. The first kappa shape index (κ1) is 11.4. The van der Waals surface area contributed by atoms with Crippen molar-refractivity contribution in [1.82, 2.24) is 4.90 Å². The Hall–Kier alpha value is -0.570. The number of aliphatic carboxylic acids is 1. The van der Waals surface area contributed by atoms with Gasteiger partial charge in [-0.3, -0.25) is 9.69 Å². The molecule has 0 aromatic rings. The minimum atomic E-state index is -0.742. The second kappa shape index (κ2) is 6.00. The molecular formula is C9H19NO2. The molecule has 0 saturated carbocycles. The van der Waals surface area contributed by atoms with Gasteiger partial charge in [0.2, 0.25) is 0 Å². The predicted octanol–water partition coefficient (Wildman–Crippen LogP) is 1.58. The van der Waals surface area contributed by atoms with Crippen molar-refractivity contribution < 1.29 is 9.90 Å². The normalized spacial score (nSPS) is 13.3. The van der Waals surface area contributed by atoms with E-state index in [0.29, 0.717) is 0 Å². The van der Waals surface area contributed by atoms with Crippen LogP contribution in [-0.2, 0) is 4.79 Å². The van der Waals surface area contributed by atoms with Crippen molar-refractivity contribution in [2.24, 2.45) is 0 Å². The number of likely N-dealkylation sites (N-methyl/N-ethyl adjacent to an activating group) is 1. The highest BCUT2D eigenvalue weighted by Crippen LogP contribution is 2.00. The Morgan fingerprint density at radius 2 is 2.08 bits per heavy atom. The van der Waals surface area contributed by atoms with Gasteiger partial charge < -0.3 is 5.11 Å². The molecule has 0 aromatic heterocycles. The molecule has 0 aliphatic rings. The fraction of sp³-hybridized carbons (Fsp3) is 0.889. The van der Waals surface area contributed by atoms with Gasteiger partial charge >= 0.3 is 5.97 Å². The first-order chi connectivity index (χ1) is 5.59. The summed E-state index contributed by atoms with van der Waals surface area (Å²) in [5.74, 6) is -0.742. The number of unbranched alkanes of at least 4 members (excludes halogenated alkanes) is 2. The molecule has 0 amide bonds. The van der Waals surface area contributed by atoms with E-state index >= 15 is 0 Å². The van der Waals surface area contributed by atoms with Gasteiger partial charge in [0.1, 0.15) is 6.04 Å². The molecule has 0 heterocycles. The lowest BCUT2D eigenvalue weighted by molar-refractivity contribution is -0.142. The van der Waals surface area contributed by atoms with Crippen molar-refractivity contribution in [2.75, 3.05) is 13.6 Å². The summed E-state index contributed by atoms with van der Waals surface area (Å²) in [6, 6.07) is -0.359. The third-order valence-electron chi connectivity index (χ3n) is 2.13. The maximum absolute atomic E-state index is 10.5. The summed E-state index contributed by atoms with van der Waals surface area (Å²) in [6.07, 6.45) is 3.44. The van der Waals surface area contributed by atoms with Gasteiger partial charge in [-0.2, -0.15) is 0 Å². The monoisotopic (exact) mass is 173 g/mol. The Balaban J connectivity index is 3.56. The molecule has 12 heavy (non-hydrogen) atoms. The van der Waals surface area contributed by atoms with Crippen molar-refractivity contribution in [3.05, 3.63) is 0 Å². The second-order valence-corrected chi connectivity index (χ2v) is 3.20.